The van der Waals surface area contributed by atoms with E-state index < -0.39 is 0 Å². The Morgan fingerprint density at radius 2 is 1.80 bits per heavy atom. The third-order valence-electron chi connectivity index (χ3n) is 3.76. The van der Waals surface area contributed by atoms with Gasteiger partial charge in [0.2, 0.25) is 5.91 Å². The maximum absolute atomic E-state index is 12.1. The summed E-state index contributed by atoms with van der Waals surface area (Å²) in [6.45, 7) is 4.60. The van der Waals surface area contributed by atoms with Gasteiger partial charge in [0.1, 0.15) is 0 Å². The summed E-state index contributed by atoms with van der Waals surface area (Å²) in [6, 6.07) is 9.46. The van der Waals surface area contributed by atoms with E-state index in [-0.39, 0.29) is 12.5 Å². The molecule has 2 aromatic rings. The summed E-state index contributed by atoms with van der Waals surface area (Å²) in [7, 11) is 3.19. The van der Waals surface area contributed by atoms with E-state index >= 15 is 0 Å². The molecule has 0 unspecified atom stereocenters. The Hall–Kier alpha value is -2.24. The van der Waals surface area contributed by atoms with Crippen LogP contribution in [0.25, 0.3) is 0 Å². The molecule has 1 amide bonds. The normalized spacial score (nSPS) is 10.4. The Morgan fingerprint density at radius 1 is 1.08 bits per heavy atom. The fourth-order valence-electron chi connectivity index (χ4n) is 2.57. The van der Waals surface area contributed by atoms with Crippen LogP contribution in [-0.2, 0) is 11.3 Å². The van der Waals surface area contributed by atoms with Crippen LogP contribution >= 0.6 is 11.6 Å². The van der Waals surface area contributed by atoms with Crippen molar-refractivity contribution in [1.29, 1.82) is 0 Å². The molecule has 0 fully saturated rings. The summed E-state index contributed by atoms with van der Waals surface area (Å²) in [5.41, 5.74) is 3.66. The monoisotopic (exact) mass is 362 g/mol. The van der Waals surface area contributed by atoms with Crippen molar-refractivity contribution in [3.63, 3.8) is 0 Å². The molecule has 0 saturated carbocycles. The highest BCUT2D eigenvalue weighted by Gasteiger charge is 2.10. The van der Waals surface area contributed by atoms with Crippen LogP contribution in [-0.4, -0.2) is 26.7 Å². The van der Waals surface area contributed by atoms with E-state index in [4.69, 9.17) is 21.1 Å². The number of methoxy groups -OCH3 is 2. The first kappa shape index (κ1) is 19.1. The molecule has 0 saturated heterocycles. The molecule has 0 bridgehead atoms. The van der Waals surface area contributed by atoms with E-state index in [0.717, 1.165) is 16.7 Å². The van der Waals surface area contributed by atoms with Gasteiger partial charge in [0.25, 0.3) is 0 Å². The van der Waals surface area contributed by atoms with Crippen molar-refractivity contribution in [2.75, 3.05) is 26.1 Å². The number of amides is 1. The van der Waals surface area contributed by atoms with Crippen molar-refractivity contribution in [2.24, 2.45) is 0 Å². The van der Waals surface area contributed by atoms with Crippen LogP contribution in [0.4, 0.5) is 5.69 Å². The highest BCUT2D eigenvalue weighted by atomic mass is 35.5. The van der Waals surface area contributed by atoms with E-state index in [1.807, 2.05) is 44.2 Å². The lowest BCUT2D eigenvalue weighted by Gasteiger charge is -2.13. The predicted octanol–water partition coefficient (Wildman–Crippen LogP) is 3.70. The van der Waals surface area contributed by atoms with Gasteiger partial charge in [-0.2, -0.15) is 0 Å². The molecule has 25 heavy (non-hydrogen) atoms. The van der Waals surface area contributed by atoms with Gasteiger partial charge in [-0.1, -0.05) is 23.7 Å². The first-order valence-electron chi connectivity index (χ1n) is 7.92. The van der Waals surface area contributed by atoms with Gasteiger partial charge in [-0.25, -0.2) is 0 Å². The van der Waals surface area contributed by atoms with E-state index in [1.165, 1.54) is 0 Å². The van der Waals surface area contributed by atoms with Crippen LogP contribution in [0, 0.1) is 13.8 Å². The Balaban J connectivity index is 1.91. The zero-order valence-corrected chi connectivity index (χ0v) is 15.7. The molecule has 134 valence electrons. The third-order valence-corrected chi connectivity index (χ3v) is 4.06. The van der Waals surface area contributed by atoms with Crippen LogP contribution in [0.2, 0.25) is 5.02 Å². The molecular formula is C19H23ClN2O3. The molecule has 2 rings (SSSR count). The second-order valence-electron chi connectivity index (χ2n) is 5.78. The third kappa shape index (κ3) is 5.11. The smallest absolute Gasteiger partial charge is 0.238 e. The molecule has 0 aromatic heterocycles. The minimum atomic E-state index is -0.144. The van der Waals surface area contributed by atoms with Gasteiger partial charge in [0.05, 0.1) is 31.5 Å². The van der Waals surface area contributed by atoms with Gasteiger partial charge in [-0.3, -0.25) is 4.79 Å². The van der Waals surface area contributed by atoms with Crippen LogP contribution in [0.1, 0.15) is 16.7 Å². The molecule has 0 aliphatic rings. The van der Waals surface area contributed by atoms with Crippen molar-refractivity contribution in [3.05, 3.63) is 52.0 Å². The number of benzene rings is 2. The summed E-state index contributed by atoms with van der Waals surface area (Å²) in [4.78, 5) is 12.1. The minimum Gasteiger partial charge on any atom is -0.493 e. The van der Waals surface area contributed by atoms with Crippen LogP contribution in [0.5, 0.6) is 11.5 Å². The second-order valence-corrected chi connectivity index (χ2v) is 6.19. The fraction of sp³-hybridized carbons (Fsp3) is 0.316. The Bertz CT molecular complexity index is 739. The lowest BCUT2D eigenvalue weighted by Crippen LogP contribution is -2.28. The maximum Gasteiger partial charge on any atom is 0.238 e. The number of halogens is 1. The molecular weight excluding hydrogens is 340 g/mol. The number of carbonyl (C=O) groups excluding carboxylic acids is 1. The minimum absolute atomic E-state index is 0.144. The zero-order valence-electron chi connectivity index (χ0n) is 14.9. The van der Waals surface area contributed by atoms with Crippen LogP contribution in [0.3, 0.4) is 0 Å². The summed E-state index contributed by atoms with van der Waals surface area (Å²) in [5, 5.41) is 6.51. The second kappa shape index (κ2) is 8.74. The molecule has 0 atom stereocenters. The molecule has 0 heterocycles. The Kier molecular flexibility index (Phi) is 6.67. The number of anilines is 1. The molecule has 6 heteroatoms. The van der Waals surface area contributed by atoms with Crippen LogP contribution < -0.4 is 20.1 Å². The zero-order chi connectivity index (χ0) is 18.4. The van der Waals surface area contributed by atoms with Crippen molar-refractivity contribution < 1.29 is 14.3 Å². The molecule has 0 aliphatic heterocycles. The first-order chi connectivity index (χ1) is 11.9. The van der Waals surface area contributed by atoms with Gasteiger partial charge >= 0.3 is 0 Å². The largest absolute Gasteiger partial charge is 0.493 e. The van der Waals surface area contributed by atoms with Gasteiger partial charge in [-0.05, 0) is 48.7 Å². The fourth-order valence-corrected chi connectivity index (χ4v) is 2.94. The highest BCUT2D eigenvalue weighted by Crippen LogP contribution is 2.28. The number of hydrogen-bond donors (Lipinski definition) is 2. The van der Waals surface area contributed by atoms with Crippen molar-refractivity contribution in [3.8, 4) is 11.5 Å². The Morgan fingerprint density at radius 3 is 2.44 bits per heavy atom. The average Bonchev–Trinajstić information content (AvgIpc) is 2.58. The van der Waals surface area contributed by atoms with Crippen molar-refractivity contribution in [2.45, 2.75) is 20.4 Å². The summed E-state index contributed by atoms with van der Waals surface area (Å²) in [5.74, 6) is 1.19. The van der Waals surface area contributed by atoms with E-state index in [0.29, 0.717) is 28.8 Å². The lowest BCUT2D eigenvalue weighted by molar-refractivity contribution is -0.115. The van der Waals surface area contributed by atoms with Crippen molar-refractivity contribution in [1.82, 2.24) is 5.32 Å². The topological polar surface area (TPSA) is 59.6 Å². The van der Waals surface area contributed by atoms with Crippen molar-refractivity contribution >= 4 is 23.2 Å². The maximum atomic E-state index is 12.1. The molecule has 0 aliphatic carbocycles. The standard InChI is InChI=1S/C19H23ClN2O3/c1-12-7-13(2)19(15(20)8-12)22-18(23)11-21-10-14-5-6-16(24-3)17(9-14)25-4/h5-9,21H,10-11H2,1-4H3,(H,22,23). The number of rotatable bonds is 7. The first-order valence-corrected chi connectivity index (χ1v) is 8.30. The number of aryl methyl sites for hydroxylation is 2. The quantitative estimate of drug-likeness (QED) is 0.788. The molecule has 2 N–H and O–H groups in total. The van der Waals surface area contributed by atoms with Gasteiger partial charge in [0, 0.05) is 6.54 Å². The van der Waals surface area contributed by atoms with Gasteiger partial charge < -0.3 is 20.1 Å². The summed E-state index contributed by atoms with van der Waals surface area (Å²) >= 11 is 6.21. The van der Waals surface area contributed by atoms with Gasteiger partial charge in [0.15, 0.2) is 11.5 Å². The number of carbonyl (C=O) groups is 1. The number of hydrogen-bond acceptors (Lipinski definition) is 4. The summed E-state index contributed by atoms with van der Waals surface area (Å²) < 4.78 is 10.5. The molecule has 2 aromatic carbocycles. The molecule has 5 nitrogen and oxygen atoms in total. The lowest BCUT2D eigenvalue weighted by atomic mass is 10.1. The number of nitrogens with one attached hydrogen (secondary N) is 2. The SMILES string of the molecule is COc1ccc(CNCC(=O)Nc2c(C)cc(C)cc2Cl)cc1OC. The van der Waals surface area contributed by atoms with E-state index in [2.05, 4.69) is 10.6 Å². The molecule has 0 spiro atoms. The predicted molar refractivity (Wildman–Crippen MR) is 101 cm³/mol. The number of ether oxygens (including phenoxy) is 2. The van der Waals surface area contributed by atoms with Gasteiger partial charge in [-0.15, -0.1) is 0 Å². The highest BCUT2D eigenvalue weighted by molar-refractivity contribution is 6.34. The van der Waals surface area contributed by atoms with Crippen LogP contribution in [0.15, 0.2) is 30.3 Å². The van der Waals surface area contributed by atoms with E-state index in [1.54, 1.807) is 14.2 Å². The molecule has 0 radical (unpaired) electrons. The Labute approximate surface area is 153 Å². The summed E-state index contributed by atoms with van der Waals surface area (Å²) in [6.07, 6.45) is 0. The van der Waals surface area contributed by atoms with E-state index in [9.17, 15) is 4.79 Å². The average molecular weight is 363 g/mol.